The van der Waals surface area contributed by atoms with Gasteiger partial charge in [0.2, 0.25) is 5.91 Å². The molecule has 1 saturated carbocycles. The van der Waals surface area contributed by atoms with E-state index in [4.69, 9.17) is 11.2 Å². The van der Waals surface area contributed by atoms with Gasteiger partial charge in [-0.2, -0.15) is 0 Å². The molecule has 5 atom stereocenters. The van der Waals surface area contributed by atoms with E-state index in [2.05, 4.69) is 17.1 Å². The van der Waals surface area contributed by atoms with Crippen LogP contribution in [0, 0.1) is 18.4 Å². The second kappa shape index (κ2) is 9.25. The summed E-state index contributed by atoms with van der Waals surface area (Å²) < 4.78 is 4.79. The van der Waals surface area contributed by atoms with Crippen LogP contribution < -0.4 is 5.32 Å². The Morgan fingerprint density at radius 1 is 1.36 bits per heavy atom. The van der Waals surface area contributed by atoms with Crippen molar-refractivity contribution in [2.45, 2.75) is 76.5 Å². The van der Waals surface area contributed by atoms with Gasteiger partial charge in [0.25, 0.3) is 0 Å². The summed E-state index contributed by atoms with van der Waals surface area (Å²) in [6.07, 6.45) is 12.9. The Balaban J connectivity index is 0.00000225. The third-order valence-corrected chi connectivity index (χ3v) is 6.18. The SMILES string of the molecule is C#COC(=O)[C@H](CCc1ccccc1)NC(C)C(=O)N1[C@H](C)C[C@@H]2CCC[C@@H]21.[HH].[HH]. The van der Waals surface area contributed by atoms with Gasteiger partial charge in [-0.15, -0.1) is 0 Å². The zero-order chi connectivity index (χ0) is 20.1. The molecule has 3 rings (SSSR count). The molecule has 1 N–H and O–H groups in total. The first-order valence-electron chi connectivity index (χ1n) is 10.3. The number of ether oxygens (including phenoxy) is 1. The summed E-state index contributed by atoms with van der Waals surface area (Å²) in [6, 6.07) is 9.46. The number of carbonyl (C=O) groups excluding carboxylic acids is 2. The highest BCUT2D eigenvalue weighted by molar-refractivity contribution is 5.84. The Bertz CT molecular complexity index is 738. The average molecular weight is 387 g/mol. The third kappa shape index (κ3) is 4.56. The molecule has 1 unspecified atom stereocenters. The van der Waals surface area contributed by atoms with E-state index in [1.54, 1.807) is 0 Å². The number of hydrogen-bond donors (Lipinski definition) is 1. The molecule has 1 heterocycles. The molecule has 5 heteroatoms. The molecular formula is C23H34N2O3. The van der Waals surface area contributed by atoms with E-state index in [9.17, 15) is 9.59 Å². The minimum atomic E-state index is -0.618. The number of likely N-dealkylation sites (tertiary alicyclic amines) is 1. The molecule has 0 aromatic heterocycles. The predicted octanol–water partition coefficient (Wildman–Crippen LogP) is 3.38. The topological polar surface area (TPSA) is 58.6 Å². The van der Waals surface area contributed by atoms with Gasteiger partial charge in [-0.25, -0.2) is 4.79 Å². The standard InChI is InChI=1S/C23H30N2O3.2H2/c1-4-28-23(27)20(14-13-18-9-6-5-7-10-18)24-17(3)22(26)25-16(2)15-19-11-8-12-21(19)25;;/h1,5-7,9-10,16-17,19-21,24H,8,11-15H2,2-3H3;2*1H/t16-,17?,19+,20+,21+;;/m1../s1. The second-order valence-electron chi connectivity index (χ2n) is 8.09. The Labute approximate surface area is 170 Å². The number of terminal acetylenes is 1. The number of nitrogens with zero attached hydrogens (tertiary/aromatic N) is 1. The van der Waals surface area contributed by atoms with Crippen LogP contribution in [0.5, 0.6) is 0 Å². The molecule has 1 aliphatic carbocycles. The van der Waals surface area contributed by atoms with Crippen molar-refractivity contribution < 1.29 is 17.2 Å². The van der Waals surface area contributed by atoms with Crippen LogP contribution in [0.15, 0.2) is 30.3 Å². The zero-order valence-corrected chi connectivity index (χ0v) is 16.8. The Kier molecular flexibility index (Phi) is 6.74. The van der Waals surface area contributed by atoms with Gasteiger partial charge in [-0.3, -0.25) is 10.1 Å². The van der Waals surface area contributed by atoms with Crippen LogP contribution in [0.3, 0.4) is 0 Å². The minimum absolute atomic E-state index is 0. The molecule has 1 aromatic carbocycles. The molecule has 154 valence electrons. The molecule has 0 radical (unpaired) electrons. The van der Waals surface area contributed by atoms with E-state index in [-0.39, 0.29) is 14.8 Å². The predicted molar refractivity (Wildman–Crippen MR) is 112 cm³/mol. The van der Waals surface area contributed by atoms with E-state index in [1.165, 1.54) is 12.8 Å². The Morgan fingerprint density at radius 2 is 2.11 bits per heavy atom. The van der Waals surface area contributed by atoms with E-state index in [0.717, 1.165) is 18.4 Å². The maximum absolute atomic E-state index is 13.2. The van der Waals surface area contributed by atoms with Gasteiger partial charge in [0, 0.05) is 14.9 Å². The maximum atomic E-state index is 13.2. The van der Waals surface area contributed by atoms with E-state index in [0.29, 0.717) is 24.8 Å². The first kappa shape index (κ1) is 20.4. The molecule has 5 nitrogen and oxygen atoms in total. The van der Waals surface area contributed by atoms with Gasteiger partial charge in [0.05, 0.1) is 6.04 Å². The van der Waals surface area contributed by atoms with Crippen molar-refractivity contribution in [3.63, 3.8) is 0 Å². The number of esters is 1. The molecule has 2 fully saturated rings. The van der Waals surface area contributed by atoms with Crippen LogP contribution in [0.2, 0.25) is 0 Å². The first-order valence-corrected chi connectivity index (χ1v) is 10.3. The second-order valence-corrected chi connectivity index (χ2v) is 8.09. The van der Waals surface area contributed by atoms with Gasteiger partial charge in [-0.05, 0) is 57.4 Å². The van der Waals surface area contributed by atoms with Crippen LogP contribution in [0.1, 0.15) is 54.4 Å². The molecular weight excluding hydrogens is 352 g/mol. The molecule has 1 saturated heterocycles. The van der Waals surface area contributed by atoms with Crippen LogP contribution in [0.4, 0.5) is 0 Å². The lowest BCUT2D eigenvalue weighted by atomic mass is 10.0. The van der Waals surface area contributed by atoms with Crippen molar-refractivity contribution >= 4 is 11.9 Å². The molecule has 0 bridgehead atoms. The molecule has 0 spiro atoms. The van der Waals surface area contributed by atoms with Crippen molar-refractivity contribution in [1.29, 1.82) is 0 Å². The van der Waals surface area contributed by atoms with Gasteiger partial charge in [-0.1, -0.05) is 43.2 Å². The van der Waals surface area contributed by atoms with Crippen LogP contribution >= 0.6 is 0 Å². The van der Waals surface area contributed by atoms with Gasteiger partial charge in [0.15, 0.2) is 0 Å². The van der Waals surface area contributed by atoms with Crippen LogP contribution in [0.25, 0.3) is 0 Å². The van der Waals surface area contributed by atoms with Gasteiger partial charge in [0.1, 0.15) is 12.1 Å². The summed E-state index contributed by atoms with van der Waals surface area (Å²) in [5.74, 6) is 0.192. The van der Waals surface area contributed by atoms with Crippen LogP contribution in [-0.2, 0) is 20.7 Å². The summed E-state index contributed by atoms with van der Waals surface area (Å²) in [5, 5.41) is 3.19. The Hall–Kier alpha value is -2.32. The monoisotopic (exact) mass is 386 g/mol. The quantitative estimate of drug-likeness (QED) is 0.576. The average Bonchev–Trinajstić information content (AvgIpc) is 3.25. The van der Waals surface area contributed by atoms with Gasteiger partial charge < -0.3 is 9.64 Å². The fourth-order valence-electron chi connectivity index (χ4n) is 4.87. The van der Waals surface area contributed by atoms with Crippen molar-refractivity contribution in [3.8, 4) is 12.5 Å². The number of fused-ring (bicyclic) bond motifs is 1. The van der Waals surface area contributed by atoms with E-state index >= 15 is 0 Å². The Morgan fingerprint density at radius 3 is 2.82 bits per heavy atom. The highest BCUT2D eigenvalue weighted by Gasteiger charge is 2.45. The molecule has 1 aliphatic heterocycles. The smallest absolute Gasteiger partial charge is 0.337 e. The summed E-state index contributed by atoms with van der Waals surface area (Å²) in [7, 11) is 0. The normalized spacial score (nSPS) is 25.6. The molecule has 1 aromatic rings. The lowest BCUT2D eigenvalue weighted by molar-refractivity contribution is -0.141. The number of rotatable bonds is 7. The van der Waals surface area contributed by atoms with Crippen molar-refractivity contribution in [2.75, 3.05) is 0 Å². The van der Waals surface area contributed by atoms with Crippen molar-refractivity contribution in [2.24, 2.45) is 5.92 Å². The fourth-order valence-corrected chi connectivity index (χ4v) is 4.87. The number of aryl methyl sites for hydroxylation is 1. The van der Waals surface area contributed by atoms with E-state index in [1.807, 2.05) is 43.4 Å². The van der Waals surface area contributed by atoms with Gasteiger partial charge >= 0.3 is 5.97 Å². The number of amides is 1. The molecule has 2 aliphatic rings. The summed E-state index contributed by atoms with van der Waals surface area (Å²) >= 11 is 0. The number of carbonyl (C=O) groups is 2. The van der Waals surface area contributed by atoms with Crippen molar-refractivity contribution in [3.05, 3.63) is 35.9 Å². The molecule has 28 heavy (non-hydrogen) atoms. The minimum Gasteiger partial charge on any atom is -0.371 e. The fraction of sp³-hybridized carbons (Fsp3) is 0.565. The lowest BCUT2D eigenvalue weighted by Gasteiger charge is -2.32. The van der Waals surface area contributed by atoms with Crippen LogP contribution in [-0.4, -0.2) is 40.9 Å². The zero-order valence-electron chi connectivity index (χ0n) is 16.8. The summed E-state index contributed by atoms with van der Waals surface area (Å²) in [4.78, 5) is 27.5. The van der Waals surface area contributed by atoms with E-state index < -0.39 is 18.1 Å². The maximum Gasteiger partial charge on any atom is 0.337 e. The highest BCUT2D eigenvalue weighted by atomic mass is 16.5. The molecule has 1 amide bonds. The third-order valence-electron chi connectivity index (χ3n) is 6.18. The largest absolute Gasteiger partial charge is 0.371 e. The highest BCUT2D eigenvalue weighted by Crippen LogP contribution is 2.41. The summed E-state index contributed by atoms with van der Waals surface area (Å²) in [5.41, 5.74) is 1.13. The number of nitrogens with one attached hydrogen (secondary N) is 1. The lowest BCUT2D eigenvalue weighted by Crippen LogP contribution is -2.53. The first-order chi connectivity index (χ1) is 13.5. The van der Waals surface area contributed by atoms with Crippen molar-refractivity contribution in [1.82, 2.24) is 10.2 Å². The number of hydrogen-bond acceptors (Lipinski definition) is 4. The number of benzene rings is 1. The summed E-state index contributed by atoms with van der Waals surface area (Å²) in [6.45, 7) is 3.96.